The number of halogens is 2. The summed E-state index contributed by atoms with van der Waals surface area (Å²) in [4.78, 5) is 30.8. The number of alkyl halides is 2. The van der Waals surface area contributed by atoms with Crippen LogP contribution in [0.15, 0.2) is 71.9 Å². The summed E-state index contributed by atoms with van der Waals surface area (Å²) in [6.07, 6.45) is 1.08. The van der Waals surface area contributed by atoms with Gasteiger partial charge in [-0.15, -0.1) is 0 Å². The number of amides is 1. The van der Waals surface area contributed by atoms with Crippen LogP contribution in [0.5, 0.6) is 5.75 Å². The monoisotopic (exact) mass is 578 g/mol. The number of nitrogens with zero attached hydrogens (tertiary/aromatic N) is 3. The molecule has 3 N–H and O–H groups in total. The van der Waals surface area contributed by atoms with E-state index in [1.165, 1.54) is 60.8 Å². The van der Waals surface area contributed by atoms with Gasteiger partial charge >= 0.3 is 18.7 Å². The normalized spacial score (nSPS) is 13.4. The number of aliphatic carboxylic acids is 1. The van der Waals surface area contributed by atoms with Crippen LogP contribution in [0.3, 0.4) is 0 Å². The Kier molecular flexibility index (Phi) is 9.05. The summed E-state index contributed by atoms with van der Waals surface area (Å²) in [5.74, 6) is -1.73. The summed E-state index contributed by atoms with van der Waals surface area (Å²) >= 11 is 0. The maximum atomic E-state index is 13.9. The van der Waals surface area contributed by atoms with Gasteiger partial charge in [0.15, 0.2) is 4.87 Å². The van der Waals surface area contributed by atoms with Crippen LogP contribution in [0, 0.1) is 0 Å². The first-order valence-corrected chi connectivity index (χ1v) is 13.3. The third kappa shape index (κ3) is 7.27. The molecule has 1 atom stereocenters. The average Bonchev–Trinajstić information content (AvgIpc) is 2.87. The number of anilines is 1. The molecule has 3 aromatic rings. The molecule has 0 aliphatic heterocycles. The van der Waals surface area contributed by atoms with Crippen LogP contribution in [-0.2, 0) is 30.7 Å². The summed E-state index contributed by atoms with van der Waals surface area (Å²) in [5, 5.41) is 9.41. The Bertz CT molecular complexity index is 1450. The molecule has 0 spiro atoms. The van der Waals surface area contributed by atoms with E-state index in [9.17, 15) is 31.9 Å². The van der Waals surface area contributed by atoms with Gasteiger partial charge in [0.1, 0.15) is 23.7 Å². The van der Waals surface area contributed by atoms with Crippen LogP contribution in [0.4, 0.5) is 19.4 Å². The number of ether oxygens (including phenoxy) is 2. The van der Waals surface area contributed by atoms with E-state index >= 15 is 0 Å². The van der Waals surface area contributed by atoms with Gasteiger partial charge in [0.25, 0.3) is 0 Å². The predicted molar refractivity (Wildman–Crippen MR) is 140 cm³/mol. The molecule has 11 nitrogen and oxygen atoms in total. The van der Waals surface area contributed by atoms with Crippen molar-refractivity contribution in [3.05, 3.63) is 78.2 Å². The highest BCUT2D eigenvalue weighted by Gasteiger charge is 2.45. The average molecular weight is 579 g/mol. The van der Waals surface area contributed by atoms with Gasteiger partial charge in [-0.3, -0.25) is 14.7 Å². The Morgan fingerprint density at radius 2 is 1.75 bits per heavy atom. The van der Waals surface area contributed by atoms with Crippen molar-refractivity contribution in [2.24, 2.45) is 5.73 Å². The molecule has 0 aliphatic carbocycles. The van der Waals surface area contributed by atoms with Crippen molar-refractivity contribution in [2.45, 2.75) is 49.2 Å². The van der Waals surface area contributed by atoms with Gasteiger partial charge in [-0.2, -0.15) is 8.78 Å². The molecule has 0 fully saturated rings. The van der Waals surface area contributed by atoms with Gasteiger partial charge in [0.05, 0.1) is 10.6 Å². The molecule has 1 amide bonds. The minimum Gasteiger partial charge on any atom is -0.480 e. The van der Waals surface area contributed by atoms with Gasteiger partial charge in [0, 0.05) is 18.8 Å². The van der Waals surface area contributed by atoms with Crippen LogP contribution < -0.4 is 15.4 Å². The molecular weight excluding hydrogens is 550 g/mol. The zero-order valence-electron chi connectivity index (χ0n) is 21.8. The summed E-state index contributed by atoms with van der Waals surface area (Å²) in [5.41, 5.74) is 5.79. The van der Waals surface area contributed by atoms with E-state index in [2.05, 4.69) is 14.7 Å². The van der Waals surface area contributed by atoms with Crippen molar-refractivity contribution < 1.29 is 41.4 Å². The van der Waals surface area contributed by atoms with Gasteiger partial charge < -0.3 is 20.3 Å². The Labute approximate surface area is 229 Å². The van der Waals surface area contributed by atoms with Crippen molar-refractivity contribution in [1.29, 1.82) is 0 Å². The Morgan fingerprint density at radius 1 is 1.07 bits per heavy atom. The van der Waals surface area contributed by atoms with Gasteiger partial charge in [-0.25, -0.2) is 18.2 Å². The molecule has 14 heteroatoms. The minimum absolute atomic E-state index is 0.140. The van der Waals surface area contributed by atoms with Crippen LogP contribution in [0.2, 0.25) is 0 Å². The first-order valence-electron chi connectivity index (χ1n) is 11.8. The fourth-order valence-electron chi connectivity index (χ4n) is 3.63. The summed E-state index contributed by atoms with van der Waals surface area (Å²) in [6, 6.07) is 11.9. The highest BCUT2D eigenvalue weighted by atomic mass is 32.2. The molecule has 40 heavy (non-hydrogen) atoms. The lowest BCUT2D eigenvalue weighted by Crippen LogP contribution is -2.48. The van der Waals surface area contributed by atoms with Crippen molar-refractivity contribution in [3.63, 3.8) is 0 Å². The first kappa shape index (κ1) is 30.4. The van der Waals surface area contributed by atoms with E-state index < -0.39 is 45.5 Å². The second kappa shape index (κ2) is 11.9. The minimum atomic E-state index is -4.45. The number of carboxylic acids is 1. The number of pyridine rings is 2. The van der Waals surface area contributed by atoms with E-state index in [0.29, 0.717) is 5.56 Å². The number of hydrogen-bond donors (Lipinski definition) is 2. The largest absolute Gasteiger partial charge is 0.480 e. The highest BCUT2D eigenvalue weighted by molar-refractivity contribution is 7.92. The van der Waals surface area contributed by atoms with Crippen LogP contribution in [0.25, 0.3) is 0 Å². The number of nitrogens with two attached hydrogens (primary N) is 1. The van der Waals surface area contributed by atoms with Crippen molar-refractivity contribution in [1.82, 2.24) is 9.97 Å². The predicted octanol–water partition coefficient (Wildman–Crippen LogP) is 3.73. The molecule has 0 saturated carbocycles. The highest BCUT2D eigenvalue weighted by Crippen LogP contribution is 2.34. The maximum Gasteiger partial charge on any atom is 0.416 e. The molecule has 2 heterocycles. The Hall–Kier alpha value is -4.17. The molecule has 0 saturated heterocycles. The molecule has 0 bridgehead atoms. The van der Waals surface area contributed by atoms with E-state index in [4.69, 9.17) is 10.5 Å². The molecule has 1 unspecified atom stereocenters. The SMILES string of the molecule is CC(C)(C)OC(=O)N(CC(=O)O)c1cccc(C(N)(Cc2ccc(OC(F)F)cc2)S(=O)(=O)c2cccnc2)n1. The van der Waals surface area contributed by atoms with Crippen LogP contribution in [0.1, 0.15) is 32.0 Å². The number of sulfone groups is 1. The van der Waals surface area contributed by atoms with Crippen LogP contribution >= 0.6 is 0 Å². The van der Waals surface area contributed by atoms with Gasteiger partial charge in [-0.05, 0) is 62.7 Å². The van der Waals surface area contributed by atoms with E-state index in [-0.39, 0.29) is 28.6 Å². The second-order valence-electron chi connectivity index (χ2n) is 9.62. The van der Waals surface area contributed by atoms with E-state index in [0.717, 1.165) is 11.1 Å². The lowest BCUT2D eigenvalue weighted by molar-refractivity contribution is -0.135. The molecule has 1 aromatic carbocycles. The molecule has 214 valence electrons. The fourth-order valence-corrected chi connectivity index (χ4v) is 5.26. The third-order valence-corrected chi connectivity index (χ3v) is 7.57. The number of carboxylic acid groups (broad SMARTS) is 1. The van der Waals surface area contributed by atoms with Crippen molar-refractivity contribution >= 4 is 27.7 Å². The van der Waals surface area contributed by atoms with Crippen molar-refractivity contribution in [3.8, 4) is 5.75 Å². The fraction of sp³-hybridized carbons (Fsp3) is 0.308. The maximum absolute atomic E-state index is 13.9. The zero-order valence-corrected chi connectivity index (χ0v) is 22.6. The Balaban J connectivity index is 2.14. The number of carbonyl (C=O) groups is 2. The summed E-state index contributed by atoms with van der Waals surface area (Å²) < 4.78 is 62.7. The number of hydrogen-bond acceptors (Lipinski definition) is 9. The smallest absolute Gasteiger partial charge is 0.416 e. The number of rotatable bonds is 10. The number of carbonyl (C=O) groups excluding carboxylic acids is 1. The molecular formula is C26H28F2N4O7S. The second-order valence-corrected chi connectivity index (χ2v) is 11.8. The Morgan fingerprint density at radius 3 is 2.30 bits per heavy atom. The zero-order chi connectivity index (χ0) is 29.7. The standard InChI is InChI=1S/C26H28F2N4O7S/c1-25(2,3)39-24(35)32(16-22(33)34)21-8-4-7-20(31-21)26(29,40(36,37)19-6-5-13-30-15-19)14-17-9-11-18(12-10-17)38-23(27)28/h4-13,15,23H,14,16,29H2,1-3H3,(H,33,34). The topological polar surface area (TPSA) is 162 Å². The summed E-state index contributed by atoms with van der Waals surface area (Å²) in [6.45, 7) is 0.907. The van der Waals surface area contributed by atoms with E-state index in [1.807, 2.05) is 0 Å². The van der Waals surface area contributed by atoms with Gasteiger partial charge in [-0.1, -0.05) is 18.2 Å². The number of aromatic nitrogens is 2. The summed E-state index contributed by atoms with van der Waals surface area (Å²) in [7, 11) is -4.45. The van der Waals surface area contributed by atoms with Gasteiger partial charge in [0.2, 0.25) is 9.84 Å². The first-order chi connectivity index (χ1) is 18.6. The molecule has 3 rings (SSSR count). The van der Waals surface area contributed by atoms with Crippen LogP contribution in [-0.4, -0.2) is 54.3 Å². The quantitative estimate of drug-likeness (QED) is 0.362. The molecule has 0 aliphatic rings. The number of benzene rings is 1. The van der Waals surface area contributed by atoms with Crippen molar-refractivity contribution in [2.75, 3.05) is 11.4 Å². The van der Waals surface area contributed by atoms with E-state index in [1.54, 1.807) is 20.8 Å². The molecule has 2 aromatic heterocycles. The molecule has 0 radical (unpaired) electrons. The lowest BCUT2D eigenvalue weighted by atomic mass is 10.0. The lowest BCUT2D eigenvalue weighted by Gasteiger charge is -2.30. The third-order valence-electron chi connectivity index (χ3n) is 5.39.